The Morgan fingerprint density at radius 1 is 0.857 bits per heavy atom. The fraction of sp³-hybridized carbons (Fsp3) is 0.520. The number of nitrogens with one attached hydrogen (secondary N) is 1. The zero-order valence-corrected chi connectivity index (χ0v) is 18.7. The predicted octanol–water partition coefficient (Wildman–Crippen LogP) is 4.48. The van der Waals surface area contributed by atoms with Crippen LogP contribution in [0.25, 0.3) is 0 Å². The molecule has 0 spiro atoms. The zero-order chi connectivity index (χ0) is 19.6. The summed E-state index contributed by atoms with van der Waals surface area (Å²) in [5.41, 5.74) is 0. The highest BCUT2D eigenvalue weighted by Gasteiger charge is 2.52. The Kier molecular flexibility index (Phi) is 5.77. The standard InChI is InChI=1S/C25H35NOSi/c1-25(2,3)28(21-15-9-5-10-16-21,22-17-11-6-12-18-22)27-19-23-24(26-23)20-13-7-4-8-14-20/h5-6,9-12,15-18,20,23-24,26H,4,7-8,13-14,19H2,1-3H3/t23-,24-/m0/s1. The Labute approximate surface area is 171 Å². The molecule has 3 heteroatoms. The highest BCUT2D eigenvalue weighted by Crippen LogP contribution is 2.38. The van der Waals surface area contributed by atoms with Crippen LogP contribution in [-0.4, -0.2) is 27.0 Å². The molecule has 0 unspecified atom stereocenters. The van der Waals surface area contributed by atoms with Gasteiger partial charge in [0, 0.05) is 12.1 Å². The second-order valence-corrected chi connectivity index (χ2v) is 14.0. The largest absolute Gasteiger partial charge is 0.406 e. The first-order chi connectivity index (χ1) is 13.5. The molecule has 2 aliphatic rings. The molecular formula is C25H35NOSi. The summed E-state index contributed by atoms with van der Waals surface area (Å²) >= 11 is 0. The molecule has 1 aliphatic carbocycles. The van der Waals surface area contributed by atoms with Crippen molar-refractivity contribution >= 4 is 18.7 Å². The molecular weight excluding hydrogens is 358 g/mol. The summed E-state index contributed by atoms with van der Waals surface area (Å²) in [6.45, 7) is 7.91. The molecule has 2 nitrogen and oxygen atoms in total. The molecule has 1 N–H and O–H groups in total. The van der Waals surface area contributed by atoms with E-state index in [0.29, 0.717) is 12.1 Å². The molecule has 2 fully saturated rings. The van der Waals surface area contributed by atoms with Crippen LogP contribution >= 0.6 is 0 Å². The molecule has 1 heterocycles. The summed E-state index contributed by atoms with van der Waals surface area (Å²) in [6, 6.07) is 23.2. The fourth-order valence-corrected chi connectivity index (χ4v) is 9.86. The van der Waals surface area contributed by atoms with Crippen molar-refractivity contribution in [2.24, 2.45) is 5.92 Å². The number of hydrogen-bond donors (Lipinski definition) is 1. The van der Waals surface area contributed by atoms with Crippen LogP contribution in [0.15, 0.2) is 60.7 Å². The molecule has 0 aromatic heterocycles. The average Bonchev–Trinajstić information content (AvgIpc) is 3.49. The van der Waals surface area contributed by atoms with Crippen LogP contribution in [0.2, 0.25) is 5.04 Å². The van der Waals surface area contributed by atoms with E-state index in [2.05, 4.69) is 86.8 Å². The van der Waals surface area contributed by atoms with E-state index < -0.39 is 8.32 Å². The summed E-state index contributed by atoms with van der Waals surface area (Å²) in [5, 5.41) is 6.58. The van der Waals surface area contributed by atoms with Gasteiger partial charge >= 0.3 is 0 Å². The molecule has 4 rings (SSSR count). The monoisotopic (exact) mass is 393 g/mol. The van der Waals surface area contributed by atoms with Crippen molar-refractivity contribution in [3.63, 3.8) is 0 Å². The van der Waals surface area contributed by atoms with E-state index in [4.69, 9.17) is 4.43 Å². The van der Waals surface area contributed by atoms with E-state index >= 15 is 0 Å². The van der Waals surface area contributed by atoms with Crippen molar-refractivity contribution in [1.82, 2.24) is 5.32 Å². The van der Waals surface area contributed by atoms with E-state index in [-0.39, 0.29) is 5.04 Å². The quantitative estimate of drug-likeness (QED) is 0.579. The Morgan fingerprint density at radius 3 is 1.89 bits per heavy atom. The summed E-state index contributed by atoms with van der Waals surface area (Å²) in [5.74, 6) is 0.863. The molecule has 1 aliphatic heterocycles. The third-order valence-corrected chi connectivity index (χ3v) is 11.8. The highest BCUT2D eigenvalue weighted by atomic mass is 28.4. The summed E-state index contributed by atoms with van der Waals surface area (Å²) in [6.07, 6.45) is 7.03. The van der Waals surface area contributed by atoms with E-state index in [0.717, 1.165) is 12.5 Å². The maximum Gasteiger partial charge on any atom is 0.261 e. The van der Waals surface area contributed by atoms with Gasteiger partial charge in [-0.15, -0.1) is 0 Å². The lowest BCUT2D eigenvalue weighted by Gasteiger charge is -2.43. The topological polar surface area (TPSA) is 31.2 Å². The minimum absolute atomic E-state index is 0.0604. The van der Waals surface area contributed by atoms with Crippen LogP contribution in [0, 0.1) is 5.92 Å². The van der Waals surface area contributed by atoms with Crippen LogP contribution < -0.4 is 15.7 Å². The number of benzene rings is 2. The molecule has 1 saturated heterocycles. The van der Waals surface area contributed by atoms with Crippen LogP contribution in [0.3, 0.4) is 0 Å². The van der Waals surface area contributed by atoms with Crippen LogP contribution in [0.1, 0.15) is 52.9 Å². The van der Waals surface area contributed by atoms with Gasteiger partial charge in [-0.05, 0) is 34.2 Å². The lowest BCUT2D eigenvalue weighted by Crippen LogP contribution is -2.67. The molecule has 28 heavy (non-hydrogen) atoms. The van der Waals surface area contributed by atoms with Crippen LogP contribution in [0.5, 0.6) is 0 Å². The van der Waals surface area contributed by atoms with Crippen molar-refractivity contribution in [2.45, 2.75) is 70.0 Å². The molecule has 2 atom stereocenters. The highest BCUT2D eigenvalue weighted by molar-refractivity contribution is 6.99. The van der Waals surface area contributed by atoms with Crippen LogP contribution in [0.4, 0.5) is 0 Å². The molecule has 0 bridgehead atoms. The number of hydrogen-bond acceptors (Lipinski definition) is 2. The van der Waals surface area contributed by atoms with Gasteiger partial charge in [-0.2, -0.15) is 0 Å². The Balaban J connectivity index is 1.60. The zero-order valence-electron chi connectivity index (χ0n) is 17.7. The summed E-state index contributed by atoms with van der Waals surface area (Å²) in [4.78, 5) is 0. The number of rotatable bonds is 6. The molecule has 0 radical (unpaired) electrons. The Morgan fingerprint density at radius 2 is 1.39 bits per heavy atom. The lowest BCUT2D eigenvalue weighted by atomic mass is 9.86. The second-order valence-electron chi connectivity index (χ2n) is 9.67. The summed E-state index contributed by atoms with van der Waals surface area (Å²) in [7, 11) is -2.39. The molecule has 1 saturated carbocycles. The second kappa shape index (κ2) is 8.14. The van der Waals surface area contributed by atoms with Gasteiger partial charge in [-0.1, -0.05) is 101 Å². The normalized spacial score (nSPS) is 23.5. The van der Waals surface area contributed by atoms with E-state index in [1.165, 1.54) is 42.5 Å². The van der Waals surface area contributed by atoms with Gasteiger partial charge in [0.1, 0.15) is 0 Å². The van der Waals surface area contributed by atoms with Gasteiger partial charge < -0.3 is 9.74 Å². The fourth-order valence-electron chi connectivity index (χ4n) is 5.28. The first-order valence-corrected chi connectivity index (χ1v) is 12.9. The van der Waals surface area contributed by atoms with Crippen molar-refractivity contribution < 1.29 is 4.43 Å². The molecule has 2 aromatic rings. The first kappa shape index (κ1) is 19.9. The van der Waals surface area contributed by atoms with Gasteiger partial charge in [0.15, 0.2) is 0 Å². The van der Waals surface area contributed by atoms with E-state index in [9.17, 15) is 0 Å². The maximum atomic E-state index is 7.09. The van der Waals surface area contributed by atoms with Crippen molar-refractivity contribution in [1.29, 1.82) is 0 Å². The molecule has 150 valence electrons. The van der Waals surface area contributed by atoms with Crippen molar-refractivity contribution in [2.75, 3.05) is 6.61 Å². The van der Waals surface area contributed by atoms with Crippen molar-refractivity contribution in [3.05, 3.63) is 60.7 Å². The van der Waals surface area contributed by atoms with Gasteiger partial charge in [-0.3, -0.25) is 0 Å². The molecule has 2 aromatic carbocycles. The van der Waals surface area contributed by atoms with Crippen molar-refractivity contribution in [3.8, 4) is 0 Å². The lowest BCUT2D eigenvalue weighted by molar-refractivity contribution is 0.284. The van der Waals surface area contributed by atoms with E-state index in [1.807, 2.05) is 0 Å². The third kappa shape index (κ3) is 3.85. The van der Waals surface area contributed by atoms with Gasteiger partial charge in [0.25, 0.3) is 8.32 Å². The van der Waals surface area contributed by atoms with Gasteiger partial charge in [-0.25, -0.2) is 0 Å². The molecule has 0 amide bonds. The Bertz CT molecular complexity index is 710. The first-order valence-electron chi connectivity index (χ1n) is 11.0. The third-order valence-electron chi connectivity index (χ3n) is 6.78. The average molecular weight is 394 g/mol. The minimum Gasteiger partial charge on any atom is -0.406 e. The smallest absolute Gasteiger partial charge is 0.261 e. The van der Waals surface area contributed by atoms with Gasteiger partial charge in [0.05, 0.1) is 6.61 Å². The minimum atomic E-state index is -2.39. The Hall–Kier alpha value is -1.42. The summed E-state index contributed by atoms with van der Waals surface area (Å²) < 4.78 is 7.09. The van der Waals surface area contributed by atoms with Crippen LogP contribution in [-0.2, 0) is 4.43 Å². The van der Waals surface area contributed by atoms with E-state index in [1.54, 1.807) is 0 Å². The predicted molar refractivity (Wildman–Crippen MR) is 121 cm³/mol. The van der Waals surface area contributed by atoms with Gasteiger partial charge in [0.2, 0.25) is 0 Å². The maximum absolute atomic E-state index is 7.09. The SMILES string of the molecule is CC(C)(C)[Si](OC[C@@H]1N[C@H]1C1CCCCC1)(c1ccccc1)c1ccccc1.